The number of carbonyl (C=O) groups is 1. The van der Waals surface area contributed by atoms with Crippen LogP contribution < -0.4 is 22.3 Å². The van der Waals surface area contributed by atoms with E-state index in [9.17, 15) is 14.9 Å². The van der Waals surface area contributed by atoms with E-state index in [4.69, 9.17) is 32.8 Å². The molecule has 12 nitrogen and oxygen atoms in total. The summed E-state index contributed by atoms with van der Waals surface area (Å²) in [5.74, 6) is 0.608. The molecule has 1 aliphatic rings. The van der Waals surface area contributed by atoms with E-state index in [-0.39, 0.29) is 41.3 Å². The second kappa shape index (κ2) is 10.7. The van der Waals surface area contributed by atoms with Gasteiger partial charge in [0.1, 0.15) is 28.9 Å². The number of nitrogens with two attached hydrogens (primary N) is 2. The molecular weight excluding hydrogens is 510 g/mol. The van der Waals surface area contributed by atoms with Crippen LogP contribution in [0.1, 0.15) is 51.0 Å². The topological polar surface area (TPSA) is 178 Å². The Balaban J connectivity index is 1.67. The lowest BCUT2D eigenvalue weighted by Crippen LogP contribution is -2.45. The van der Waals surface area contributed by atoms with E-state index in [0.29, 0.717) is 54.1 Å². The smallest absolute Gasteiger partial charge is 0.410 e. The number of rotatable bonds is 5. The van der Waals surface area contributed by atoms with Gasteiger partial charge in [-0.3, -0.25) is 9.36 Å². The normalized spacial score (nSPS) is 15.8. The molecule has 1 atom stereocenters. The highest BCUT2D eigenvalue weighted by Gasteiger charge is 2.30. The Morgan fingerprint density at radius 2 is 2.05 bits per heavy atom. The molecule has 4 rings (SSSR count). The van der Waals surface area contributed by atoms with Gasteiger partial charge in [-0.05, 0) is 45.7 Å². The van der Waals surface area contributed by atoms with Gasteiger partial charge in [0, 0.05) is 26.1 Å². The van der Waals surface area contributed by atoms with Crippen molar-refractivity contribution in [3.63, 3.8) is 0 Å². The lowest BCUT2D eigenvalue weighted by Gasteiger charge is -2.35. The number of nitrogens with zero attached hydrogens (tertiary/aromatic N) is 6. The molecule has 0 spiro atoms. The molecule has 1 fully saturated rings. The first kappa shape index (κ1) is 26.9. The molecule has 0 radical (unpaired) electrons. The molecule has 0 saturated carbocycles. The van der Waals surface area contributed by atoms with Crippen molar-refractivity contribution in [1.29, 1.82) is 5.26 Å². The number of nitriles is 1. The number of ether oxygens (including phenoxy) is 1. The predicted molar refractivity (Wildman–Crippen MR) is 145 cm³/mol. The van der Waals surface area contributed by atoms with Crippen LogP contribution in [-0.2, 0) is 11.2 Å². The Labute approximate surface area is 224 Å². The number of anilines is 3. The number of hydrogen-bond acceptors (Lipinski definition) is 10. The summed E-state index contributed by atoms with van der Waals surface area (Å²) in [6.45, 7) is 6.54. The lowest BCUT2D eigenvalue weighted by molar-refractivity contribution is 0.0169. The quantitative estimate of drug-likeness (QED) is 0.436. The average Bonchev–Trinajstić information content (AvgIpc) is 2.83. The van der Waals surface area contributed by atoms with E-state index in [2.05, 4.69) is 15.3 Å². The molecule has 1 aromatic carbocycles. The van der Waals surface area contributed by atoms with E-state index >= 15 is 0 Å². The third-order valence-corrected chi connectivity index (χ3v) is 6.39. The lowest BCUT2D eigenvalue weighted by atomic mass is 10.0. The first-order chi connectivity index (χ1) is 18.0. The molecule has 0 aliphatic carbocycles. The summed E-state index contributed by atoms with van der Waals surface area (Å²) in [6, 6.07) is 6.77. The third-order valence-electron chi connectivity index (χ3n) is 6.07. The standard InChI is InChI=1S/C25H30ClN9O3/c1-25(2,3)38-24(37)34-11-5-6-14(13-34)35-18(31-17-8-4-7-16(26)19(17)22(35)36)9-10-30-21-15(12-27)20(28)32-23(29)33-21/h4,7-8,14H,5-6,9-11,13H2,1-3H3,(H5,28,29,30,32,33). The SMILES string of the molecule is CC(C)(C)OC(=O)N1CCCC(n2c(CCNc3nc(N)nc(N)c3C#N)nc3cccc(Cl)c3c2=O)C1. The molecule has 1 saturated heterocycles. The molecule has 0 bridgehead atoms. The first-order valence-corrected chi connectivity index (χ1v) is 12.6. The summed E-state index contributed by atoms with van der Waals surface area (Å²) in [6.07, 6.45) is 1.25. The van der Waals surface area contributed by atoms with Crippen LogP contribution in [0.3, 0.4) is 0 Å². The van der Waals surface area contributed by atoms with Crippen LogP contribution in [0.15, 0.2) is 23.0 Å². The van der Waals surface area contributed by atoms with E-state index in [1.165, 1.54) is 0 Å². The highest BCUT2D eigenvalue weighted by molar-refractivity contribution is 6.35. The Bertz CT molecular complexity index is 1480. The van der Waals surface area contributed by atoms with Crippen molar-refractivity contribution in [2.24, 2.45) is 0 Å². The number of fused-ring (bicyclic) bond motifs is 1. The Hall–Kier alpha value is -4.11. The highest BCUT2D eigenvalue weighted by atomic mass is 35.5. The maximum atomic E-state index is 13.8. The van der Waals surface area contributed by atoms with Gasteiger partial charge in [-0.1, -0.05) is 17.7 Å². The predicted octanol–water partition coefficient (Wildman–Crippen LogP) is 3.10. The van der Waals surface area contributed by atoms with Crippen LogP contribution >= 0.6 is 11.6 Å². The molecule has 2 aromatic heterocycles. The van der Waals surface area contributed by atoms with Gasteiger partial charge in [-0.25, -0.2) is 9.78 Å². The van der Waals surface area contributed by atoms with Crippen LogP contribution in [0.5, 0.6) is 0 Å². The van der Waals surface area contributed by atoms with Crippen LogP contribution in [0.4, 0.5) is 22.4 Å². The molecule has 13 heteroatoms. The number of carbonyl (C=O) groups excluding carboxylic acids is 1. The van der Waals surface area contributed by atoms with Crippen molar-refractivity contribution >= 4 is 46.2 Å². The van der Waals surface area contributed by atoms with Gasteiger partial charge in [0.25, 0.3) is 5.56 Å². The highest BCUT2D eigenvalue weighted by Crippen LogP contribution is 2.26. The molecule has 200 valence electrons. The number of aromatic nitrogens is 4. The van der Waals surface area contributed by atoms with Crippen LogP contribution in [0, 0.1) is 11.3 Å². The van der Waals surface area contributed by atoms with E-state index in [1.54, 1.807) is 27.7 Å². The van der Waals surface area contributed by atoms with E-state index in [0.717, 1.165) is 0 Å². The second-order valence-electron chi connectivity index (χ2n) is 10.0. The molecule has 3 heterocycles. The van der Waals surface area contributed by atoms with E-state index in [1.807, 2.05) is 26.8 Å². The largest absolute Gasteiger partial charge is 0.444 e. The fourth-order valence-electron chi connectivity index (χ4n) is 4.49. The minimum Gasteiger partial charge on any atom is -0.444 e. The summed E-state index contributed by atoms with van der Waals surface area (Å²) in [5, 5.41) is 13.1. The molecule has 1 unspecified atom stereocenters. The van der Waals surface area contributed by atoms with Gasteiger partial charge in [0.15, 0.2) is 5.82 Å². The summed E-state index contributed by atoms with van der Waals surface area (Å²) >= 11 is 6.41. The van der Waals surface area contributed by atoms with Crippen LogP contribution in [0.25, 0.3) is 10.9 Å². The Morgan fingerprint density at radius 3 is 2.76 bits per heavy atom. The minimum absolute atomic E-state index is 0.0256. The zero-order valence-electron chi connectivity index (χ0n) is 21.5. The van der Waals surface area contributed by atoms with Gasteiger partial charge in [0.2, 0.25) is 5.95 Å². The molecular formula is C25H30ClN9O3. The third kappa shape index (κ3) is 5.73. The van der Waals surface area contributed by atoms with Crippen molar-refractivity contribution in [3.05, 3.63) is 45.0 Å². The molecule has 1 aliphatic heterocycles. The number of benzene rings is 1. The van der Waals surface area contributed by atoms with Crippen LogP contribution in [0.2, 0.25) is 5.02 Å². The van der Waals surface area contributed by atoms with Gasteiger partial charge < -0.3 is 26.4 Å². The number of amides is 1. The summed E-state index contributed by atoms with van der Waals surface area (Å²) in [5.41, 5.74) is 11.1. The van der Waals surface area contributed by atoms with Crippen molar-refractivity contribution in [2.75, 3.05) is 36.4 Å². The Morgan fingerprint density at radius 1 is 1.29 bits per heavy atom. The molecule has 5 N–H and O–H groups in total. The van der Waals surface area contributed by atoms with Crippen LogP contribution in [-0.4, -0.2) is 55.7 Å². The Kier molecular flexibility index (Phi) is 7.59. The summed E-state index contributed by atoms with van der Waals surface area (Å²) in [7, 11) is 0. The van der Waals surface area contributed by atoms with Gasteiger partial charge in [0.05, 0.1) is 22.0 Å². The number of likely N-dealkylation sites (tertiary alicyclic amines) is 1. The van der Waals surface area contributed by atoms with Gasteiger partial charge >= 0.3 is 6.09 Å². The monoisotopic (exact) mass is 539 g/mol. The van der Waals surface area contributed by atoms with E-state index < -0.39 is 11.7 Å². The van der Waals surface area contributed by atoms with Crippen molar-refractivity contribution in [1.82, 2.24) is 24.4 Å². The zero-order chi connectivity index (χ0) is 27.6. The number of halogens is 1. The van der Waals surface area contributed by atoms with Crippen molar-refractivity contribution in [2.45, 2.75) is 51.7 Å². The number of hydrogen-bond donors (Lipinski definition) is 3. The molecule has 38 heavy (non-hydrogen) atoms. The number of piperidine rings is 1. The van der Waals surface area contributed by atoms with Gasteiger partial charge in [-0.2, -0.15) is 15.2 Å². The first-order valence-electron chi connectivity index (χ1n) is 12.2. The fraction of sp³-hybridized carbons (Fsp3) is 0.440. The summed E-state index contributed by atoms with van der Waals surface area (Å²) < 4.78 is 7.19. The maximum Gasteiger partial charge on any atom is 0.410 e. The second-order valence-corrected chi connectivity index (χ2v) is 10.4. The summed E-state index contributed by atoms with van der Waals surface area (Å²) in [4.78, 5) is 40.8. The molecule has 1 amide bonds. The maximum absolute atomic E-state index is 13.8. The minimum atomic E-state index is -0.633. The zero-order valence-corrected chi connectivity index (χ0v) is 22.2. The van der Waals surface area contributed by atoms with Gasteiger partial charge in [-0.15, -0.1) is 0 Å². The average molecular weight is 540 g/mol. The number of nitrogens with one attached hydrogen (secondary N) is 1. The number of nitrogen functional groups attached to an aromatic ring is 2. The van der Waals surface area contributed by atoms with Crippen molar-refractivity contribution < 1.29 is 9.53 Å². The van der Waals surface area contributed by atoms with Crippen molar-refractivity contribution in [3.8, 4) is 6.07 Å². The fourth-order valence-corrected chi connectivity index (χ4v) is 4.74. The molecule has 3 aromatic rings.